The monoisotopic (exact) mass is 303 g/mol. The Labute approximate surface area is 95.2 Å². The quantitative estimate of drug-likeness (QED) is 0.766. The lowest BCUT2D eigenvalue weighted by molar-refractivity contribution is 0.586. The summed E-state index contributed by atoms with van der Waals surface area (Å²) in [5.41, 5.74) is 2.86. The first-order valence-corrected chi connectivity index (χ1v) is 5.83. The van der Waals surface area contributed by atoms with E-state index < -0.39 is 0 Å². The number of hydrogen-bond donors (Lipinski definition) is 1. The van der Waals surface area contributed by atoms with Crippen LogP contribution in [0.5, 0.6) is 0 Å². The fourth-order valence-corrected chi connectivity index (χ4v) is 3.06. The molecule has 1 aliphatic rings. The number of halogens is 2. The first-order valence-electron chi connectivity index (χ1n) is 4.24. The van der Waals surface area contributed by atoms with Crippen molar-refractivity contribution in [2.75, 3.05) is 11.9 Å². The molecule has 1 aromatic rings. The van der Waals surface area contributed by atoms with Gasteiger partial charge in [0.15, 0.2) is 0 Å². The Morgan fingerprint density at radius 3 is 2.69 bits per heavy atom. The van der Waals surface area contributed by atoms with Gasteiger partial charge in [0, 0.05) is 20.9 Å². The summed E-state index contributed by atoms with van der Waals surface area (Å²) in [6.45, 7) is 5.52. The molecule has 13 heavy (non-hydrogen) atoms. The lowest BCUT2D eigenvalue weighted by atomic mass is 9.87. The van der Waals surface area contributed by atoms with Gasteiger partial charge >= 0.3 is 0 Å². The van der Waals surface area contributed by atoms with Crippen molar-refractivity contribution in [2.24, 2.45) is 0 Å². The van der Waals surface area contributed by atoms with Crippen molar-refractivity contribution < 1.29 is 0 Å². The van der Waals surface area contributed by atoms with E-state index in [2.05, 4.69) is 63.2 Å². The van der Waals surface area contributed by atoms with Crippen molar-refractivity contribution in [1.29, 1.82) is 0 Å². The Bertz CT molecular complexity index is 358. The molecule has 0 saturated heterocycles. The SMILES string of the molecule is CC1(C)CNc2c(Br)cc(Br)cc21. The summed E-state index contributed by atoms with van der Waals surface area (Å²) in [7, 11) is 0. The van der Waals surface area contributed by atoms with Gasteiger partial charge in [-0.1, -0.05) is 29.8 Å². The van der Waals surface area contributed by atoms with Gasteiger partial charge < -0.3 is 5.32 Å². The van der Waals surface area contributed by atoms with Gasteiger partial charge in [-0.2, -0.15) is 0 Å². The lowest BCUT2D eigenvalue weighted by Crippen LogP contribution is -2.18. The van der Waals surface area contributed by atoms with Crippen molar-refractivity contribution in [3.63, 3.8) is 0 Å². The summed E-state index contributed by atoms with van der Waals surface area (Å²) >= 11 is 7.07. The molecule has 0 radical (unpaired) electrons. The highest BCUT2D eigenvalue weighted by Crippen LogP contribution is 2.42. The molecule has 0 aliphatic carbocycles. The van der Waals surface area contributed by atoms with Crippen LogP contribution < -0.4 is 5.32 Å². The minimum Gasteiger partial charge on any atom is -0.383 e. The maximum atomic E-state index is 3.56. The Hall–Kier alpha value is -0.0200. The molecule has 1 aliphatic heterocycles. The molecule has 0 atom stereocenters. The van der Waals surface area contributed by atoms with E-state index >= 15 is 0 Å². The van der Waals surface area contributed by atoms with E-state index in [9.17, 15) is 0 Å². The average Bonchev–Trinajstić information content (AvgIpc) is 2.28. The van der Waals surface area contributed by atoms with Crippen LogP contribution >= 0.6 is 31.9 Å². The predicted molar refractivity (Wildman–Crippen MR) is 63.4 cm³/mol. The summed E-state index contributed by atoms with van der Waals surface area (Å²) in [6, 6.07) is 4.27. The third-order valence-electron chi connectivity index (χ3n) is 2.49. The Morgan fingerprint density at radius 2 is 2.00 bits per heavy atom. The van der Waals surface area contributed by atoms with Crippen molar-refractivity contribution >= 4 is 37.5 Å². The van der Waals surface area contributed by atoms with Gasteiger partial charge in [-0.25, -0.2) is 0 Å². The van der Waals surface area contributed by atoms with Crippen molar-refractivity contribution in [3.05, 3.63) is 26.6 Å². The van der Waals surface area contributed by atoms with E-state index in [-0.39, 0.29) is 5.41 Å². The van der Waals surface area contributed by atoms with Crippen LogP contribution in [0.15, 0.2) is 21.1 Å². The average molecular weight is 305 g/mol. The molecule has 1 heterocycles. The molecular weight excluding hydrogens is 294 g/mol. The van der Waals surface area contributed by atoms with E-state index in [1.807, 2.05) is 0 Å². The number of fused-ring (bicyclic) bond motifs is 1. The van der Waals surface area contributed by atoms with Crippen LogP contribution in [0.3, 0.4) is 0 Å². The zero-order chi connectivity index (χ0) is 9.64. The van der Waals surface area contributed by atoms with Crippen LogP contribution in [0.1, 0.15) is 19.4 Å². The number of benzene rings is 1. The second kappa shape index (κ2) is 2.99. The number of nitrogens with one attached hydrogen (secondary N) is 1. The Kier molecular flexibility index (Phi) is 2.19. The van der Waals surface area contributed by atoms with Crippen LogP contribution in [0, 0.1) is 0 Å². The molecule has 1 nitrogen and oxygen atoms in total. The standard InChI is InChI=1S/C10H11Br2N/c1-10(2)5-13-9-7(10)3-6(11)4-8(9)12/h3-4,13H,5H2,1-2H3. The van der Waals surface area contributed by atoms with E-state index in [0.29, 0.717) is 0 Å². The zero-order valence-corrected chi connectivity index (χ0v) is 10.8. The number of rotatable bonds is 0. The molecule has 0 bridgehead atoms. The van der Waals surface area contributed by atoms with E-state index in [0.717, 1.165) is 15.5 Å². The Balaban J connectivity index is 2.65. The van der Waals surface area contributed by atoms with E-state index in [1.54, 1.807) is 0 Å². The third kappa shape index (κ3) is 1.52. The van der Waals surface area contributed by atoms with Crippen molar-refractivity contribution in [2.45, 2.75) is 19.3 Å². The fourth-order valence-electron chi connectivity index (χ4n) is 1.69. The lowest BCUT2D eigenvalue weighted by Gasteiger charge is -2.17. The van der Waals surface area contributed by atoms with Crippen LogP contribution in [0.2, 0.25) is 0 Å². The van der Waals surface area contributed by atoms with Gasteiger partial charge in [0.25, 0.3) is 0 Å². The predicted octanol–water partition coefficient (Wildman–Crippen LogP) is 3.91. The second-order valence-corrected chi connectivity index (χ2v) is 5.82. The molecule has 0 unspecified atom stereocenters. The smallest absolute Gasteiger partial charge is 0.0524 e. The summed E-state index contributed by atoms with van der Waals surface area (Å²) in [6.07, 6.45) is 0. The van der Waals surface area contributed by atoms with Gasteiger partial charge in [-0.15, -0.1) is 0 Å². The zero-order valence-electron chi connectivity index (χ0n) is 7.62. The Morgan fingerprint density at radius 1 is 1.31 bits per heavy atom. The molecule has 0 spiro atoms. The first-order chi connectivity index (χ1) is 6.00. The van der Waals surface area contributed by atoms with E-state index in [1.165, 1.54) is 11.3 Å². The van der Waals surface area contributed by atoms with Crippen LogP contribution in [-0.2, 0) is 5.41 Å². The van der Waals surface area contributed by atoms with E-state index in [4.69, 9.17) is 0 Å². The molecular formula is C10H11Br2N. The van der Waals surface area contributed by atoms with Crippen molar-refractivity contribution in [1.82, 2.24) is 0 Å². The van der Waals surface area contributed by atoms with Crippen LogP contribution in [0.25, 0.3) is 0 Å². The van der Waals surface area contributed by atoms with Gasteiger partial charge in [0.1, 0.15) is 0 Å². The molecule has 0 saturated carbocycles. The highest BCUT2D eigenvalue weighted by atomic mass is 79.9. The largest absolute Gasteiger partial charge is 0.383 e. The summed E-state index contributed by atoms with van der Waals surface area (Å²) in [5, 5.41) is 3.42. The highest BCUT2D eigenvalue weighted by molar-refractivity contribution is 9.11. The molecule has 3 heteroatoms. The molecule has 0 amide bonds. The minimum atomic E-state index is 0.238. The molecule has 1 aromatic carbocycles. The summed E-state index contributed by atoms with van der Waals surface area (Å²) in [4.78, 5) is 0. The maximum absolute atomic E-state index is 3.56. The molecule has 0 fully saturated rings. The van der Waals surface area contributed by atoms with Crippen LogP contribution in [0.4, 0.5) is 5.69 Å². The maximum Gasteiger partial charge on any atom is 0.0524 e. The molecule has 70 valence electrons. The number of hydrogen-bond acceptors (Lipinski definition) is 1. The third-order valence-corrected chi connectivity index (χ3v) is 3.57. The molecule has 0 aromatic heterocycles. The van der Waals surface area contributed by atoms with Crippen LogP contribution in [-0.4, -0.2) is 6.54 Å². The van der Waals surface area contributed by atoms with Gasteiger partial charge in [0.05, 0.1) is 5.69 Å². The van der Waals surface area contributed by atoms with Crippen molar-refractivity contribution in [3.8, 4) is 0 Å². The molecule has 2 rings (SSSR count). The first kappa shape index (κ1) is 9.53. The van der Waals surface area contributed by atoms with Gasteiger partial charge in [-0.05, 0) is 33.6 Å². The number of anilines is 1. The summed E-state index contributed by atoms with van der Waals surface area (Å²) in [5.74, 6) is 0. The van der Waals surface area contributed by atoms with Gasteiger partial charge in [-0.3, -0.25) is 0 Å². The van der Waals surface area contributed by atoms with Gasteiger partial charge in [0.2, 0.25) is 0 Å². The second-order valence-electron chi connectivity index (χ2n) is 4.05. The normalized spacial score (nSPS) is 18.2. The minimum absolute atomic E-state index is 0.238. The highest BCUT2D eigenvalue weighted by Gasteiger charge is 2.31. The summed E-state index contributed by atoms with van der Waals surface area (Å²) < 4.78 is 2.28. The topological polar surface area (TPSA) is 12.0 Å². The fraction of sp³-hybridized carbons (Fsp3) is 0.400. The molecule has 1 N–H and O–H groups in total.